The summed E-state index contributed by atoms with van der Waals surface area (Å²) >= 11 is 0. The Hall–Kier alpha value is -3.71. The van der Waals surface area contributed by atoms with E-state index in [0.29, 0.717) is 30.2 Å². The van der Waals surface area contributed by atoms with Crippen molar-refractivity contribution in [3.05, 3.63) is 66.2 Å². The van der Waals surface area contributed by atoms with Crippen molar-refractivity contribution >= 4 is 44.1 Å². The van der Waals surface area contributed by atoms with E-state index < -0.39 is 28.2 Å². The van der Waals surface area contributed by atoms with Crippen LogP contribution in [0.15, 0.2) is 60.7 Å². The standard InChI is InChI=1S/C34H46N4O7S/c1-23-20-38(24(2)22-39)33(40)29-19-27(35-34(41)36-30-15-10-13-26-12-6-7-14-28(26)30)16-17-31(29)45-25(3)11-8-9-18-44-32(23)21-37(4)46(5,42)43/h6-7,10,12-17,19,23-25,32,39H,8-9,11,18,20-22H2,1-5H3,(H2,35,36,41)/t23-,24+,25-,32-/m1/s1. The Labute approximate surface area is 271 Å². The van der Waals surface area contributed by atoms with Crippen LogP contribution in [0.4, 0.5) is 16.2 Å². The number of aliphatic hydroxyl groups excluding tert-OH is 1. The van der Waals surface area contributed by atoms with Crippen molar-refractivity contribution in [3.63, 3.8) is 0 Å². The van der Waals surface area contributed by atoms with Crippen molar-refractivity contribution in [1.29, 1.82) is 0 Å². The average molecular weight is 655 g/mol. The van der Waals surface area contributed by atoms with Crippen LogP contribution in [0.3, 0.4) is 0 Å². The Morgan fingerprint density at radius 2 is 1.83 bits per heavy atom. The number of carbonyl (C=O) groups is 2. The fourth-order valence-corrected chi connectivity index (χ4v) is 5.89. The number of benzene rings is 3. The molecule has 3 N–H and O–H groups in total. The number of aliphatic hydroxyl groups is 1. The van der Waals surface area contributed by atoms with Gasteiger partial charge in [0.1, 0.15) is 5.75 Å². The van der Waals surface area contributed by atoms with Gasteiger partial charge in [0.15, 0.2) is 0 Å². The lowest BCUT2D eigenvalue weighted by Gasteiger charge is -2.35. The first-order valence-electron chi connectivity index (χ1n) is 15.7. The highest BCUT2D eigenvalue weighted by Gasteiger charge is 2.31. The molecular weight excluding hydrogens is 608 g/mol. The maximum atomic E-state index is 14.3. The van der Waals surface area contributed by atoms with E-state index in [9.17, 15) is 23.1 Å². The van der Waals surface area contributed by atoms with Crippen LogP contribution in [-0.4, -0.2) is 92.5 Å². The summed E-state index contributed by atoms with van der Waals surface area (Å²) in [5.41, 5.74) is 1.28. The van der Waals surface area contributed by atoms with Gasteiger partial charge in [-0.05, 0) is 62.8 Å². The lowest BCUT2D eigenvalue weighted by atomic mass is 10.0. The molecule has 3 aromatic carbocycles. The van der Waals surface area contributed by atoms with Gasteiger partial charge in [0.25, 0.3) is 5.91 Å². The van der Waals surface area contributed by atoms with Crippen molar-refractivity contribution in [2.24, 2.45) is 5.92 Å². The number of nitrogens with one attached hydrogen (secondary N) is 2. The van der Waals surface area contributed by atoms with Crippen LogP contribution in [0, 0.1) is 5.92 Å². The van der Waals surface area contributed by atoms with Gasteiger partial charge in [-0.25, -0.2) is 17.5 Å². The first-order valence-corrected chi connectivity index (χ1v) is 17.5. The zero-order valence-electron chi connectivity index (χ0n) is 27.2. The molecule has 3 amide bonds. The largest absolute Gasteiger partial charge is 0.490 e. The quantitative estimate of drug-likeness (QED) is 0.320. The van der Waals surface area contributed by atoms with Gasteiger partial charge in [-0.3, -0.25) is 4.79 Å². The Morgan fingerprint density at radius 3 is 2.57 bits per heavy atom. The molecule has 1 aliphatic heterocycles. The van der Waals surface area contributed by atoms with Crippen LogP contribution in [0.25, 0.3) is 10.8 Å². The number of anilines is 2. The molecule has 1 aliphatic rings. The van der Waals surface area contributed by atoms with E-state index in [1.807, 2.05) is 56.3 Å². The molecular formula is C34H46N4O7S. The first kappa shape index (κ1) is 35.1. The molecule has 0 fully saturated rings. The molecule has 12 heteroatoms. The van der Waals surface area contributed by atoms with E-state index in [1.54, 1.807) is 30.0 Å². The minimum Gasteiger partial charge on any atom is -0.490 e. The predicted molar refractivity (Wildman–Crippen MR) is 181 cm³/mol. The van der Waals surface area contributed by atoms with Gasteiger partial charge in [0.2, 0.25) is 10.0 Å². The van der Waals surface area contributed by atoms with Crippen LogP contribution in [0.5, 0.6) is 5.75 Å². The summed E-state index contributed by atoms with van der Waals surface area (Å²) in [6, 6.07) is 17.3. The third-order valence-corrected chi connectivity index (χ3v) is 9.63. The van der Waals surface area contributed by atoms with Crippen molar-refractivity contribution in [1.82, 2.24) is 9.21 Å². The molecule has 0 aliphatic carbocycles. The van der Waals surface area contributed by atoms with E-state index in [1.165, 1.54) is 11.4 Å². The highest BCUT2D eigenvalue weighted by atomic mass is 32.2. The second kappa shape index (κ2) is 15.7. The molecule has 0 radical (unpaired) electrons. The second-order valence-corrected chi connectivity index (χ2v) is 14.2. The first-order chi connectivity index (χ1) is 21.9. The molecule has 0 unspecified atom stereocenters. The SMILES string of the molecule is C[C@@H]1CCCCO[C@H](CN(C)S(C)(=O)=O)[C@H](C)CN([C@@H](C)CO)C(=O)c2cc(NC(=O)Nc3cccc4ccccc34)ccc2O1. The van der Waals surface area contributed by atoms with Crippen LogP contribution >= 0.6 is 0 Å². The van der Waals surface area contributed by atoms with Crippen molar-refractivity contribution in [2.75, 3.05) is 50.2 Å². The predicted octanol–water partition coefficient (Wildman–Crippen LogP) is 5.17. The fraction of sp³-hybridized carbons (Fsp3) is 0.471. The van der Waals surface area contributed by atoms with Crippen LogP contribution in [0.2, 0.25) is 0 Å². The Bertz CT molecular complexity index is 1610. The van der Waals surface area contributed by atoms with E-state index in [-0.39, 0.29) is 43.2 Å². The number of sulfonamides is 1. The third kappa shape index (κ3) is 9.18. The van der Waals surface area contributed by atoms with Gasteiger partial charge in [-0.2, -0.15) is 0 Å². The number of hydrogen-bond acceptors (Lipinski definition) is 7. The molecule has 0 saturated heterocycles. The summed E-state index contributed by atoms with van der Waals surface area (Å²) in [5.74, 6) is -0.288. The average Bonchev–Trinajstić information content (AvgIpc) is 3.02. The molecule has 46 heavy (non-hydrogen) atoms. The summed E-state index contributed by atoms with van der Waals surface area (Å²) in [6.45, 7) is 6.06. The number of rotatable bonds is 7. The maximum Gasteiger partial charge on any atom is 0.323 e. The zero-order valence-corrected chi connectivity index (χ0v) is 28.0. The molecule has 1 heterocycles. The fourth-order valence-electron chi connectivity index (χ4n) is 5.47. The Kier molecular flexibility index (Phi) is 12.0. The molecule has 4 atom stereocenters. The number of fused-ring (bicyclic) bond motifs is 2. The summed E-state index contributed by atoms with van der Waals surface area (Å²) in [7, 11) is -1.94. The molecule has 0 aromatic heterocycles. The number of hydrogen-bond donors (Lipinski definition) is 3. The normalized spacial score (nSPS) is 20.8. The smallest absolute Gasteiger partial charge is 0.323 e. The van der Waals surface area contributed by atoms with Crippen LogP contribution < -0.4 is 15.4 Å². The minimum absolute atomic E-state index is 0.130. The van der Waals surface area contributed by atoms with Crippen LogP contribution in [-0.2, 0) is 14.8 Å². The highest BCUT2D eigenvalue weighted by molar-refractivity contribution is 7.88. The minimum atomic E-state index is -3.45. The number of nitrogens with zero attached hydrogens (tertiary/aromatic N) is 2. The topological polar surface area (TPSA) is 138 Å². The zero-order chi connectivity index (χ0) is 33.4. The number of amides is 3. The van der Waals surface area contributed by atoms with Gasteiger partial charge in [-0.15, -0.1) is 0 Å². The van der Waals surface area contributed by atoms with Crippen molar-refractivity contribution in [2.45, 2.75) is 58.3 Å². The lowest BCUT2D eigenvalue weighted by Crippen LogP contribution is -2.47. The molecule has 4 rings (SSSR count). The van der Waals surface area contributed by atoms with Crippen molar-refractivity contribution in [3.8, 4) is 5.75 Å². The van der Waals surface area contributed by atoms with E-state index >= 15 is 0 Å². The maximum absolute atomic E-state index is 14.3. The Balaban J connectivity index is 1.64. The van der Waals surface area contributed by atoms with Gasteiger partial charge in [-0.1, -0.05) is 43.3 Å². The summed E-state index contributed by atoms with van der Waals surface area (Å²) in [4.78, 5) is 29.0. The highest BCUT2D eigenvalue weighted by Crippen LogP contribution is 2.29. The lowest BCUT2D eigenvalue weighted by molar-refractivity contribution is -0.00828. The molecule has 0 bridgehead atoms. The van der Waals surface area contributed by atoms with Gasteiger partial charge in [0.05, 0.1) is 42.4 Å². The van der Waals surface area contributed by atoms with E-state index in [0.717, 1.165) is 29.9 Å². The van der Waals surface area contributed by atoms with Gasteiger partial charge < -0.3 is 30.1 Å². The molecule has 250 valence electrons. The van der Waals surface area contributed by atoms with Crippen molar-refractivity contribution < 1.29 is 32.6 Å². The van der Waals surface area contributed by atoms with Gasteiger partial charge >= 0.3 is 6.03 Å². The van der Waals surface area contributed by atoms with Crippen LogP contribution in [0.1, 0.15) is 50.4 Å². The Morgan fingerprint density at radius 1 is 1.09 bits per heavy atom. The summed E-state index contributed by atoms with van der Waals surface area (Å²) in [5, 5.41) is 17.8. The summed E-state index contributed by atoms with van der Waals surface area (Å²) in [6.07, 6.45) is 2.74. The molecule has 11 nitrogen and oxygen atoms in total. The molecule has 0 saturated carbocycles. The number of urea groups is 1. The monoisotopic (exact) mass is 654 g/mol. The number of likely N-dealkylation sites (N-methyl/N-ethyl adjacent to an activating group) is 1. The summed E-state index contributed by atoms with van der Waals surface area (Å²) < 4.78 is 38.1. The number of carbonyl (C=O) groups excluding carboxylic acids is 2. The van der Waals surface area contributed by atoms with E-state index in [2.05, 4.69) is 10.6 Å². The molecule has 3 aromatic rings. The second-order valence-electron chi connectivity index (χ2n) is 12.2. The van der Waals surface area contributed by atoms with E-state index in [4.69, 9.17) is 9.47 Å². The third-order valence-electron chi connectivity index (χ3n) is 8.35. The molecule has 0 spiro atoms. The van der Waals surface area contributed by atoms with Gasteiger partial charge in [0, 0.05) is 43.7 Å². The number of ether oxygens (including phenoxy) is 2.